The van der Waals surface area contributed by atoms with Gasteiger partial charge < -0.3 is 0 Å². The molecule has 0 saturated carbocycles. The SMILES string of the molecule is CCC1Cc2c(C)c3c(c(C)c2C1=O)CC(CC)C3=O. The molecule has 2 heteroatoms. The molecule has 3 rings (SSSR count). The van der Waals surface area contributed by atoms with E-state index in [0.717, 1.165) is 59.1 Å². The van der Waals surface area contributed by atoms with Gasteiger partial charge in [0.15, 0.2) is 11.6 Å². The summed E-state index contributed by atoms with van der Waals surface area (Å²) in [5, 5.41) is 0. The second-order valence-corrected chi connectivity index (χ2v) is 6.30. The van der Waals surface area contributed by atoms with Crippen LogP contribution in [0.2, 0.25) is 0 Å². The van der Waals surface area contributed by atoms with Gasteiger partial charge in [0, 0.05) is 23.0 Å². The van der Waals surface area contributed by atoms with Crippen LogP contribution in [0.5, 0.6) is 0 Å². The lowest BCUT2D eigenvalue weighted by molar-refractivity contribution is 0.0926. The van der Waals surface area contributed by atoms with Crippen LogP contribution in [0.25, 0.3) is 0 Å². The molecule has 1 aromatic rings. The second kappa shape index (κ2) is 4.54. The fraction of sp³-hybridized carbons (Fsp3) is 0.556. The van der Waals surface area contributed by atoms with Gasteiger partial charge in [0.1, 0.15) is 0 Å². The van der Waals surface area contributed by atoms with Crippen molar-refractivity contribution in [1.29, 1.82) is 0 Å². The Morgan fingerprint density at radius 1 is 0.800 bits per heavy atom. The number of carbonyl (C=O) groups is 2. The smallest absolute Gasteiger partial charge is 0.166 e. The molecule has 0 bridgehead atoms. The van der Waals surface area contributed by atoms with Gasteiger partial charge in [0.25, 0.3) is 0 Å². The highest BCUT2D eigenvalue weighted by molar-refractivity contribution is 6.09. The Hall–Kier alpha value is -1.44. The lowest BCUT2D eigenvalue weighted by Gasteiger charge is -2.13. The summed E-state index contributed by atoms with van der Waals surface area (Å²) in [5.74, 6) is 0.862. The molecule has 106 valence electrons. The maximum Gasteiger partial charge on any atom is 0.166 e. The number of benzene rings is 1. The van der Waals surface area contributed by atoms with E-state index in [1.807, 2.05) is 13.8 Å². The van der Waals surface area contributed by atoms with Crippen LogP contribution in [0.4, 0.5) is 0 Å². The van der Waals surface area contributed by atoms with Crippen molar-refractivity contribution < 1.29 is 9.59 Å². The van der Waals surface area contributed by atoms with Crippen molar-refractivity contribution in [2.24, 2.45) is 11.8 Å². The van der Waals surface area contributed by atoms with E-state index in [4.69, 9.17) is 0 Å². The predicted molar refractivity (Wildman–Crippen MR) is 79.5 cm³/mol. The first-order valence-electron chi connectivity index (χ1n) is 7.74. The van der Waals surface area contributed by atoms with Crippen LogP contribution < -0.4 is 0 Å². The van der Waals surface area contributed by atoms with E-state index in [9.17, 15) is 9.59 Å². The molecule has 0 aromatic heterocycles. The molecular formula is C18H22O2. The van der Waals surface area contributed by atoms with E-state index in [1.54, 1.807) is 0 Å². The molecule has 2 aliphatic carbocycles. The lowest BCUT2D eigenvalue weighted by Crippen LogP contribution is -2.09. The summed E-state index contributed by atoms with van der Waals surface area (Å²) in [6.07, 6.45) is 3.44. The number of carbonyl (C=O) groups excluding carboxylic acids is 2. The highest BCUT2D eigenvalue weighted by Gasteiger charge is 2.39. The van der Waals surface area contributed by atoms with E-state index in [0.29, 0.717) is 11.6 Å². The third kappa shape index (κ3) is 1.57. The van der Waals surface area contributed by atoms with Crippen molar-refractivity contribution in [3.8, 4) is 0 Å². The van der Waals surface area contributed by atoms with Gasteiger partial charge in [-0.1, -0.05) is 13.8 Å². The van der Waals surface area contributed by atoms with E-state index in [2.05, 4.69) is 13.8 Å². The molecule has 0 saturated heterocycles. The predicted octanol–water partition coefficient (Wildman–Crippen LogP) is 3.83. The van der Waals surface area contributed by atoms with Crippen molar-refractivity contribution in [3.63, 3.8) is 0 Å². The van der Waals surface area contributed by atoms with Gasteiger partial charge in [-0.2, -0.15) is 0 Å². The summed E-state index contributed by atoms with van der Waals surface area (Å²) in [5.41, 5.74) is 6.37. The Morgan fingerprint density at radius 3 is 1.45 bits per heavy atom. The maximum atomic E-state index is 12.5. The molecule has 0 heterocycles. The molecule has 0 N–H and O–H groups in total. The molecular weight excluding hydrogens is 248 g/mol. The number of ketones is 2. The molecule has 0 radical (unpaired) electrons. The zero-order valence-electron chi connectivity index (χ0n) is 12.8. The first-order chi connectivity index (χ1) is 9.51. The van der Waals surface area contributed by atoms with Crippen LogP contribution in [0.1, 0.15) is 69.7 Å². The standard InChI is InChI=1S/C18H22O2/c1-5-11-7-13-9(3)16-14(8-12(6-2)18(16)20)10(4)15(13)17(11)19/h11-12H,5-8H2,1-4H3. The van der Waals surface area contributed by atoms with Crippen LogP contribution >= 0.6 is 0 Å². The van der Waals surface area contributed by atoms with Gasteiger partial charge in [0.05, 0.1) is 0 Å². The number of hydrogen-bond donors (Lipinski definition) is 0. The highest BCUT2D eigenvalue weighted by atomic mass is 16.1. The molecule has 2 unspecified atom stereocenters. The number of hydrogen-bond acceptors (Lipinski definition) is 2. The molecule has 2 atom stereocenters. The Morgan fingerprint density at radius 2 is 1.15 bits per heavy atom. The molecule has 2 aliphatic rings. The van der Waals surface area contributed by atoms with Crippen molar-refractivity contribution in [2.75, 3.05) is 0 Å². The summed E-state index contributed by atoms with van der Waals surface area (Å²) in [7, 11) is 0. The van der Waals surface area contributed by atoms with E-state index in [1.165, 1.54) is 0 Å². The summed E-state index contributed by atoms with van der Waals surface area (Å²) in [6.45, 7) is 8.23. The minimum atomic E-state index is 0.127. The second-order valence-electron chi connectivity index (χ2n) is 6.30. The van der Waals surface area contributed by atoms with Crippen LogP contribution in [-0.2, 0) is 12.8 Å². The first kappa shape index (κ1) is 13.5. The molecule has 0 fully saturated rings. The zero-order valence-corrected chi connectivity index (χ0v) is 12.8. The molecule has 1 aromatic carbocycles. The average molecular weight is 270 g/mol. The molecule has 20 heavy (non-hydrogen) atoms. The number of rotatable bonds is 2. The topological polar surface area (TPSA) is 34.1 Å². The van der Waals surface area contributed by atoms with Gasteiger partial charge in [-0.05, 0) is 61.8 Å². The van der Waals surface area contributed by atoms with E-state index < -0.39 is 0 Å². The van der Waals surface area contributed by atoms with Gasteiger partial charge in [-0.3, -0.25) is 9.59 Å². The Balaban J connectivity index is 2.23. The third-order valence-corrected chi connectivity index (χ3v) is 5.38. The fourth-order valence-corrected chi connectivity index (χ4v) is 4.05. The van der Waals surface area contributed by atoms with Gasteiger partial charge in [-0.15, -0.1) is 0 Å². The normalized spacial score (nSPS) is 24.2. The number of fused-ring (bicyclic) bond motifs is 2. The fourth-order valence-electron chi connectivity index (χ4n) is 4.05. The molecule has 0 aliphatic heterocycles. The quantitative estimate of drug-likeness (QED) is 0.818. The summed E-state index contributed by atoms with van der Waals surface area (Å²) < 4.78 is 0. The minimum absolute atomic E-state index is 0.127. The van der Waals surface area contributed by atoms with Crippen molar-refractivity contribution in [3.05, 3.63) is 33.4 Å². The van der Waals surface area contributed by atoms with Crippen molar-refractivity contribution >= 4 is 11.6 Å². The Labute approximate surface area is 120 Å². The van der Waals surface area contributed by atoms with Crippen molar-refractivity contribution in [2.45, 2.75) is 53.4 Å². The van der Waals surface area contributed by atoms with Crippen LogP contribution in [0.3, 0.4) is 0 Å². The molecule has 2 nitrogen and oxygen atoms in total. The van der Waals surface area contributed by atoms with E-state index >= 15 is 0 Å². The van der Waals surface area contributed by atoms with Crippen LogP contribution in [-0.4, -0.2) is 11.6 Å². The molecule has 0 amide bonds. The van der Waals surface area contributed by atoms with Gasteiger partial charge >= 0.3 is 0 Å². The Bertz CT molecular complexity index is 569. The van der Waals surface area contributed by atoms with Crippen LogP contribution in [0.15, 0.2) is 0 Å². The minimum Gasteiger partial charge on any atom is -0.294 e. The largest absolute Gasteiger partial charge is 0.294 e. The summed E-state index contributed by atoms with van der Waals surface area (Å²) in [4.78, 5) is 25.1. The maximum absolute atomic E-state index is 12.5. The Kier molecular flexibility index (Phi) is 3.07. The zero-order chi connectivity index (χ0) is 14.6. The number of Topliss-reactive ketones (excluding diaryl/α,β-unsaturated/α-hetero) is 2. The third-order valence-electron chi connectivity index (χ3n) is 5.38. The molecule has 0 spiro atoms. The summed E-state index contributed by atoms with van der Waals surface area (Å²) in [6, 6.07) is 0. The van der Waals surface area contributed by atoms with E-state index in [-0.39, 0.29) is 11.8 Å². The average Bonchev–Trinajstić information content (AvgIpc) is 2.94. The van der Waals surface area contributed by atoms with Gasteiger partial charge in [-0.25, -0.2) is 0 Å². The summed E-state index contributed by atoms with van der Waals surface area (Å²) >= 11 is 0. The van der Waals surface area contributed by atoms with Crippen LogP contribution in [0, 0.1) is 25.7 Å². The highest BCUT2D eigenvalue weighted by Crippen LogP contribution is 2.42. The first-order valence-corrected chi connectivity index (χ1v) is 7.74. The lowest BCUT2D eigenvalue weighted by atomic mass is 9.90. The van der Waals surface area contributed by atoms with Gasteiger partial charge in [0.2, 0.25) is 0 Å². The monoisotopic (exact) mass is 270 g/mol. The van der Waals surface area contributed by atoms with Crippen molar-refractivity contribution in [1.82, 2.24) is 0 Å².